The van der Waals surface area contributed by atoms with Gasteiger partial charge in [-0.05, 0) is 30.5 Å². The highest BCUT2D eigenvalue weighted by Gasteiger charge is 2.21. The molecular weight excluding hydrogens is 240 g/mol. The normalized spacial score (nSPS) is 15.4. The van der Waals surface area contributed by atoms with Gasteiger partial charge in [0, 0.05) is 0 Å². The third-order valence-corrected chi connectivity index (χ3v) is 3.51. The van der Waals surface area contributed by atoms with Crippen LogP contribution in [0.2, 0.25) is 0 Å². The molecular formula is C15H24N2O2. The van der Waals surface area contributed by atoms with E-state index in [4.69, 9.17) is 10.5 Å². The summed E-state index contributed by atoms with van der Waals surface area (Å²) in [6.45, 7) is 5.96. The number of nitrogens with two attached hydrogens (primary N) is 1. The fraction of sp³-hybridized carbons (Fsp3) is 0.533. The Bertz CT molecular complexity index is 420. The van der Waals surface area contributed by atoms with Gasteiger partial charge in [0.1, 0.15) is 5.75 Å². The minimum atomic E-state index is -0.460. The Balaban J connectivity index is 2.68. The molecule has 1 amide bonds. The van der Waals surface area contributed by atoms with E-state index in [1.54, 1.807) is 7.11 Å². The van der Waals surface area contributed by atoms with Crippen molar-refractivity contribution < 1.29 is 9.53 Å². The number of carbonyl (C=O) groups excluding carboxylic acids is 1. The van der Waals surface area contributed by atoms with Gasteiger partial charge < -0.3 is 15.8 Å². The molecule has 0 bridgehead atoms. The van der Waals surface area contributed by atoms with Crippen molar-refractivity contribution >= 4 is 5.91 Å². The highest BCUT2D eigenvalue weighted by Crippen LogP contribution is 2.19. The Labute approximate surface area is 115 Å². The Morgan fingerprint density at radius 2 is 2.11 bits per heavy atom. The van der Waals surface area contributed by atoms with E-state index in [9.17, 15) is 4.79 Å². The van der Waals surface area contributed by atoms with Crippen molar-refractivity contribution in [1.29, 1.82) is 0 Å². The fourth-order valence-corrected chi connectivity index (χ4v) is 1.82. The summed E-state index contributed by atoms with van der Waals surface area (Å²) >= 11 is 0. The molecule has 0 radical (unpaired) electrons. The largest absolute Gasteiger partial charge is 0.497 e. The van der Waals surface area contributed by atoms with Crippen LogP contribution in [0.5, 0.6) is 5.75 Å². The number of benzene rings is 1. The molecule has 3 N–H and O–H groups in total. The molecule has 0 aliphatic heterocycles. The van der Waals surface area contributed by atoms with Crippen LogP contribution in [0.3, 0.4) is 0 Å². The molecule has 19 heavy (non-hydrogen) atoms. The highest BCUT2D eigenvalue weighted by molar-refractivity contribution is 5.82. The molecule has 0 spiro atoms. The summed E-state index contributed by atoms with van der Waals surface area (Å²) in [7, 11) is 1.63. The van der Waals surface area contributed by atoms with Crippen molar-refractivity contribution in [3.63, 3.8) is 0 Å². The van der Waals surface area contributed by atoms with Gasteiger partial charge in [0.15, 0.2) is 0 Å². The first-order chi connectivity index (χ1) is 8.99. The number of methoxy groups -OCH3 is 1. The zero-order chi connectivity index (χ0) is 14.4. The number of rotatable bonds is 6. The summed E-state index contributed by atoms with van der Waals surface area (Å²) in [6.07, 6.45) is 0.891. The van der Waals surface area contributed by atoms with Gasteiger partial charge in [-0.1, -0.05) is 32.4 Å². The number of ether oxygens (including phenoxy) is 1. The Hall–Kier alpha value is -1.55. The summed E-state index contributed by atoms with van der Waals surface area (Å²) in [6, 6.07) is 7.12. The summed E-state index contributed by atoms with van der Waals surface area (Å²) in [4.78, 5) is 12.0. The fourth-order valence-electron chi connectivity index (χ4n) is 1.82. The predicted octanol–water partition coefficient (Wildman–Crippen LogP) is 2.25. The number of amides is 1. The first-order valence-corrected chi connectivity index (χ1v) is 6.69. The monoisotopic (exact) mass is 264 g/mol. The molecule has 1 aromatic carbocycles. The van der Waals surface area contributed by atoms with Crippen molar-refractivity contribution in [3.8, 4) is 5.75 Å². The zero-order valence-electron chi connectivity index (χ0n) is 12.1. The van der Waals surface area contributed by atoms with Crippen LogP contribution in [0, 0.1) is 5.92 Å². The van der Waals surface area contributed by atoms with Crippen LogP contribution in [0.1, 0.15) is 38.8 Å². The predicted molar refractivity (Wildman–Crippen MR) is 77.0 cm³/mol. The van der Waals surface area contributed by atoms with Gasteiger partial charge in [-0.15, -0.1) is 0 Å². The lowest BCUT2D eigenvalue weighted by atomic mass is 9.98. The molecule has 0 fully saturated rings. The Morgan fingerprint density at radius 3 is 2.68 bits per heavy atom. The second-order valence-corrected chi connectivity index (χ2v) is 4.92. The van der Waals surface area contributed by atoms with Crippen molar-refractivity contribution in [1.82, 2.24) is 5.32 Å². The summed E-state index contributed by atoms with van der Waals surface area (Å²) in [5.74, 6) is 0.854. The molecule has 1 rings (SSSR count). The lowest BCUT2D eigenvalue weighted by Crippen LogP contribution is -2.45. The summed E-state index contributed by atoms with van der Waals surface area (Å²) < 4.78 is 5.18. The van der Waals surface area contributed by atoms with Crippen LogP contribution >= 0.6 is 0 Å². The molecule has 0 saturated heterocycles. The van der Waals surface area contributed by atoms with Crippen LogP contribution in [0.25, 0.3) is 0 Å². The van der Waals surface area contributed by atoms with Crippen LogP contribution in [-0.2, 0) is 4.79 Å². The van der Waals surface area contributed by atoms with Crippen LogP contribution in [-0.4, -0.2) is 19.1 Å². The van der Waals surface area contributed by atoms with E-state index in [0.29, 0.717) is 0 Å². The third-order valence-electron chi connectivity index (χ3n) is 3.51. The Morgan fingerprint density at radius 1 is 1.42 bits per heavy atom. The number of carbonyl (C=O) groups is 1. The van der Waals surface area contributed by atoms with E-state index in [1.165, 1.54) is 0 Å². The zero-order valence-corrected chi connectivity index (χ0v) is 12.1. The SMILES string of the molecule is CC[C@H](C)[C@H](N)C(=O)N[C@H](C)c1cccc(OC)c1. The number of hydrogen-bond acceptors (Lipinski definition) is 3. The van der Waals surface area contributed by atoms with Crippen molar-refractivity contribution in [2.24, 2.45) is 11.7 Å². The maximum atomic E-state index is 12.0. The van der Waals surface area contributed by atoms with Crippen LogP contribution < -0.4 is 15.8 Å². The summed E-state index contributed by atoms with van der Waals surface area (Å²) in [5, 5.41) is 2.94. The van der Waals surface area contributed by atoms with E-state index in [1.807, 2.05) is 45.0 Å². The lowest BCUT2D eigenvalue weighted by Gasteiger charge is -2.21. The number of hydrogen-bond donors (Lipinski definition) is 2. The highest BCUT2D eigenvalue weighted by atomic mass is 16.5. The molecule has 0 aliphatic carbocycles. The minimum Gasteiger partial charge on any atom is -0.497 e. The topological polar surface area (TPSA) is 64.4 Å². The molecule has 4 heteroatoms. The smallest absolute Gasteiger partial charge is 0.237 e. The first-order valence-electron chi connectivity index (χ1n) is 6.69. The van der Waals surface area contributed by atoms with Gasteiger partial charge in [0.05, 0.1) is 19.2 Å². The van der Waals surface area contributed by atoms with Gasteiger partial charge in [0.2, 0.25) is 5.91 Å². The second kappa shape index (κ2) is 7.14. The average molecular weight is 264 g/mol. The van der Waals surface area contributed by atoms with E-state index >= 15 is 0 Å². The van der Waals surface area contributed by atoms with Crippen molar-refractivity contribution in [2.75, 3.05) is 7.11 Å². The van der Waals surface area contributed by atoms with E-state index in [-0.39, 0.29) is 17.9 Å². The molecule has 1 aromatic rings. The quantitative estimate of drug-likeness (QED) is 0.828. The van der Waals surface area contributed by atoms with Gasteiger partial charge in [-0.2, -0.15) is 0 Å². The maximum Gasteiger partial charge on any atom is 0.237 e. The van der Waals surface area contributed by atoms with Crippen LogP contribution in [0.4, 0.5) is 0 Å². The summed E-state index contributed by atoms with van der Waals surface area (Å²) in [5.41, 5.74) is 6.92. The molecule has 0 saturated carbocycles. The molecule has 4 nitrogen and oxygen atoms in total. The average Bonchev–Trinajstić information content (AvgIpc) is 2.45. The number of nitrogens with one attached hydrogen (secondary N) is 1. The minimum absolute atomic E-state index is 0.0855. The maximum absolute atomic E-state index is 12.0. The molecule has 106 valence electrons. The molecule has 0 aliphatic rings. The van der Waals surface area contributed by atoms with Gasteiger partial charge in [-0.25, -0.2) is 0 Å². The Kier molecular flexibility index (Phi) is 5.83. The first kappa shape index (κ1) is 15.5. The van der Waals surface area contributed by atoms with Gasteiger partial charge in [-0.3, -0.25) is 4.79 Å². The van der Waals surface area contributed by atoms with Gasteiger partial charge in [0.25, 0.3) is 0 Å². The molecule has 0 unspecified atom stereocenters. The second-order valence-electron chi connectivity index (χ2n) is 4.92. The standard InChI is InChI=1S/C15H24N2O2/c1-5-10(2)14(16)15(18)17-11(3)12-7-6-8-13(9-12)19-4/h6-11,14H,5,16H2,1-4H3,(H,17,18)/t10-,11+,14-/m0/s1. The van der Waals surface area contributed by atoms with E-state index < -0.39 is 6.04 Å². The third kappa shape index (κ3) is 4.24. The molecule has 0 heterocycles. The molecule has 0 aromatic heterocycles. The lowest BCUT2D eigenvalue weighted by molar-refractivity contribution is -0.124. The van der Waals surface area contributed by atoms with Gasteiger partial charge >= 0.3 is 0 Å². The molecule has 3 atom stereocenters. The van der Waals surface area contributed by atoms with E-state index in [0.717, 1.165) is 17.7 Å². The van der Waals surface area contributed by atoms with E-state index in [2.05, 4.69) is 5.32 Å². The van der Waals surface area contributed by atoms with Crippen LogP contribution in [0.15, 0.2) is 24.3 Å². The van der Waals surface area contributed by atoms with Crippen molar-refractivity contribution in [3.05, 3.63) is 29.8 Å². The van der Waals surface area contributed by atoms with Crippen molar-refractivity contribution in [2.45, 2.75) is 39.3 Å².